The molecule has 0 radical (unpaired) electrons. The lowest BCUT2D eigenvalue weighted by Crippen LogP contribution is -2.27. The van der Waals surface area contributed by atoms with Crippen molar-refractivity contribution in [1.82, 2.24) is 5.32 Å². The molecule has 0 unspecified atom stereocenters. The average molecular weight is 261 g/mol. The second kappa shape index (κ2) is 7.54. The van der Waals surface area contributed by atoms with Crippen LogP contribution < -0.4 is 10.1 Å². The highest BCUT2D eigenvalue weighted by atomic mass is 16.5. The summed E-state index contributed by atoms with van der Waals surface area (Å²) in [6.45, 7) is 6.31. The van der Waals surface area contributed by atoms with E-state index in [4.69, 9.17) is 4.74 Å². The van der Waals surface area contributed by atoms with Gasteiger partial charge in [-0.25, -0.2) is 0 Å². The van der Waals surface area contributed by atoms with Gasteiger partial charge in [-0.3, -0.25) is 0 Å². The molecule has 1 fully saturated rings. The first kappa shape index (κ1) is 14.4. The Morgan fingerprint density at radius 3 is 2.68 bits per heavy atom. The molecule has 1 aliphatic carbocycles. The quantitative estimate of drug-likeness (QED) is 0.746. The van der Waals surface area contributed by atoms with Crippen molar-refractivity contribution in [2.24, 2.45) is 0 Å². The van der Waals surface area contributed by atoms with Gasteiger partial charge in [0.25, 0.3) is 0 Å². The summed E-state index contributed by atoms with van der Waals surface area (Å²) in [5.74, 6) is 1.58. The van der Waals surface area contributed by atoms with Crippen molar-refractivity contribution in [3.05, 3.63) is 29.8 Å². The van der Waals surface area contributed by atoms with Crippen molar-refractivity contribution >= 4 is 0 Å². The normalized spacial score (nSPS) is 16.2. The highest BCUT2D eigenvalue weighted by Crippen LogP contribution is 2.25. The molecule has 0 spiro atoms. The maximum atomic E-state index is 5.92. The standard InChI is InChI=1S/C17H27NO/c1-14(2)16-10-5-6-11-17(16)19-13-7-12-18-15-8-3-4-9-15/h5-6,10-11,14-15,18H,3-4,7-9,12-13H2,1-2H3. The second-order valence-corrected chi connectivity index (χ2v) is 5.83. The Labute approximate surface area is 117 Å². The van der Waals surface area contributed by atoms with E-state index < -0.39 is 0 Å². The topological polar surface area (TPSA) is 21.3 Å². The molecule has 1 saturated carbocycles. The van der Waals surface area contributed by atoms with Crippen LogP contribution >= 0.6 is 0 Å². The van der Waals surface area contributed by atoms with Gasteiger partial charge < -0.3 is 10.1 Å². The Kier molecular flexibility index (Phi) is 5.71. The first-order chi connectivity index (χ1) is 9.27. The average Bonchev–Trinajstić information content (AvgIpc) is 2.92. The summed E-state index contributed by atoms with van der Waals surface area (Å²) < 4.78 is 5.92. The number of hydrogen-bond donors (Lipinski definition) is 1. The van der Waals surface area contributed by atoms with Crippen LogP contribution in [0.25, 0.3) is 0 Å². The molecule has 1 N–H and O–H groups in total. The Bertz CT molecular complexity index is 369. The van der Waals surface area contributed by atoms with Crippen LogP contribution in [0, 0.1) is 0 Å². The van der Waals surface area contributed by atoms with Gasteiger partial charge in [0.05, 0.1) is 6.61 Å². The lowest BCUT2D eigenvalue weighted by atomic mass is 10.0. The summed E-state index contributed by atoms with van der Waals surface area (Å²) in [5, 5.41) is 3.63. The van der Waals surface area contributed by atoms with E-state index in [1.165, 1.54) is 31.2 Å². The van der Waals surface area contributed by atoms with Gasteiger partial charge in [-0.2, -0.15) is 0 Å². The van der Waals surface area contributed by atoms with Crippen LogP contribution in [0.3, 0.4) is 0 Å². The molecular weight excluding hydrogens is 234 g/mol. The zero-order valence-corrected chi connectivity index (χ0v) is 12.3. The van der Waals surface area contributed by atoms with E-state index in [2.05, 4.69) is 43.4 Å². The molecule has 0 heterocycles. The van der Waals surface area contributed by atoms with Gasteiger partial charge in [0.2, 0.25) is 0 Å². The zero-order chi connectivity index (χ0) is 13.5. The number of nitrogens with one attached hydrogen (secondary N) is 1. The van der Waals surface area contributed by atoms with E-state index in [1.54, 1.807) is 0 Å². The van der Waals surface area contributed by atoms with Crippen LogP contribution in [0.2, 0.25) is 0 Å². The number of para-hydroxylation sites is 1. The summed E-state index contributed by atoms with van der Waals surface area (Å²) in [6.07, 6.45) is 6.60. The van der Waals surface area contributed by atoms with Crippen LogP contribution in [0.4, 0.5) is 0 Å². The van der Waals surface area contributed by atoms with Crippen LogP contribution in [-0.4, -0.2) is 19.2 Å². The molecule has 1 aliphatic rings. The summed E-state index contributed by atoms with van der Waals surface area (Å²) in [4.78, 5) is 0. The van der Waals surface area contributed by atoms with Crippen LogP contribution in [0.5, 0.6) is 5.75 Å². The Balaban J connectivity index is 1.67. The molecule has 0 aromatic heterocycles. The smallest absolute Gasteiger partial charge is 0.122 e. The second-order valence-electron chi connectivity index (χ2n) is 5.83. The fraction of sp³-hybridized carbons (Fsp3) is 0.647. The number of hydrogen-bond acceptors (Lipinski definition) is 2. The lowest BCUT2D eigenvalue weighted by molar-refractivity contribution is 0.301. The fourth-order valence-corrected chi connectivity index (χ4v) is 2.78. The van der Waals surface area contributed by atoms with Gasteiger partial charge >= 0.3 is 0 Å². The molecular formula is C17H27NO. The van der Waals surface area contributed by atoms with Gasteiger partial charge in [-0.1, -0.05) is 44.9 Å². The van der Waals surface area contributed by atoms with Gasteiger partial charge in [0, 0.05) is 6.04 Å². The van der Waals surface area contributed by atoms with E-state index in [1.807, 2.05) is 0 Å². The van der Waals surface area contributed by atoms with Gasteiger partial charge in [0.15, 0.2) is 0 Å². The molecule has 19 heavy (non-hydrogen) atoms. The SMILES string of the molecule is CC(C)c1ccccc1OCCCNC1CCCC1. The minimum atomic E-state index is 0.521. The van der Waals surface area contributed by atoms with E-state index in [0.29, 0.717) is 5.92 Å². The molecule has 2 heteroatoms. The monoisotopic (exact) mass is 261 g/mol. The predicted molar refractivity (Wildman–Crippen MR) is 80.9 cm³/mol. The molecule has 0 aliphatic heterocycles. The molecule has 2 nitrogen and oxygen atoms in total. The molecule has 0 amide bonds. The highest BCUT2D eigenvalue weighted by Gasteiger charge is 2.13. The maximum Gasteiger partial charge on any atom is 0.122 e. The number of ether oxygens (including phenoxy) is 1. The van der Waals surface area contributed by atoms with Gasteiger partial charge in [0.1, 0.15) is 5.75 Å². The third kappa shape index (κ3) is 4.54. The van der Waals surface area contributed by atoms with Crippen LogP contribution in [0.1, 0.15) is 57.4 Å². The zero-order valence-electron chi connectivity index (χ0n) is 12.3. The van der Waals surface area contributed by atoms with Crippen molar-refractivity contribution < 1.29 is 4.74 Å². The lowest BCUT2D eigenvalue weighted by Gasteiger charge is -2.15. The number of benzene rings is 1. The largest absolute Gasteiger partial charge is 0.493 e. The maximum absolute atomic E-state index is 5.92. The highest BCUT2D eigenvalue weighted by molar-refractivity contribution is 5.35. The summed E-state index contributed by atoms with van der Waals surface area (Å²) in [7, 11) is 0. The van der Waals surface area contributed by atoms with Crippen molar-refractivity contribution in [3.63, 3.8) is 0 Å². The van der Waals surface area contributed by atoms with Crippen molar-refractivity contribution in [3.8, 4) is 5.75 Å². The molecule has 0 bridgehead atoms. The van der Waals surface area contributed by atoms with E-state index in [9.17, 15) is 0 Å². The van der Waals surface area contributed by atoms with Crippen molar-refractivity contribution in [2.75, 3.05) is 13.2 Å². The molecule has 2 rings (SSSR count). The summed E-state index contributed by atoms with van der Waals surface area (Å²) in [5.41, 5.74) is 1.31. The molecule has 0 saturated heterocycles. The summed E-state index contributed by atoms with van der Waals surface area (Å²) in [6, 6.07) is 9.15. The Morgan fingerprint density at radius 2 is 1.95 bits per heavy atom. The van der Waals surface area contributed by atoms with E-state index in [0.717, 1.165) is 31.4 Å². The molecule has 1 aromatic carbocycles. The first-order valence-corrected chi connectivity index (χ1v) is 7.72. The van der Waals surface area contributed by atoms with E-state index >= 15 is 0 Å². The van der Waals surface area contributed by atoms with Gasteiger partial charge in [-0.15, -0.1) is 0 Å². The molecule has 0 atom stereocenters. The van der Waals surface area contributed by atoms with Crippen molar-refractivity contribution in [2.45, 2.75) is 57.9 Å². The Hall–Kier alpha value is -1.02. The first-order valence-electron chi connectivity index (χ1n) is 7.72. The fourth-order valence-electron chi connectivity index (χ4n) is 2.78. The van der Waals surface area contributed by atoms with Crippen molar-refractivity contribution in [1.29, 1.82) is 0 Å². The third-order valence-electron chi connectivity index (χ3n) is 3.91. The molecule has 106 valence electrons. The van der Waals surface area contributed by atoms with Gasteiger partial charge in [-0.05, 0) is 43.4 Å². The minimum absolute atomic E-state index is 0.521. The predicted octanol–water partition coefficient (Wildman–Crippen LogP) is 4.11. The number of rotatable bonds is 7. The Morgan fingerprint density at radius 1 is 1.21 bits per heavy atom. The van der Waals surface area contributed by atoms with Crippen LogP contribution in [-0.2, 0) is 0 Å². The molecule has 1 aromatic rings. The third-order valence-corrected chi connectivity index (χ3v) is 3.91. The minimum Gasteiger partial charge on any atom is -0.493 e. The van der Waals surface area contributed by atoms with E-state index in [-0.39, 0.29) is 0 Å². The summed E-state index contributed by atoms with van der Waals surface area (Å²) >= 11 is 0. The van der Waals surface area contributed by atoms with Crippen LogP contribution in [0.15, 0.2) is 24.3 Å².